The van der Waals surface area contributed by atoms with Crippen molar-refractivity contribution in [1.29, 1.82) is 0 Å². The lowest BCUT2D eigenvalue weighted by Crippen LogP contribution is -3.08. The predicted octanol–water partition coefficient (Wildman–Crippen LogP) is 2.19. The second-order valence-electron chi connectivity index (χ2n) is 5.90. The Morgan fingerprint density at radius 1 is 1.21 bits per heavy atom. The van der Waals surface area contributed by atoms with Gasteiger partial charge in [-0.2, -0.15) is 0 Å². The van der Waals surface area contributed by atoms with Gasteiger partial charge < -0.3 is 15.0 Å². The third-order valence-electron chi connectivity index (χ3n) is 3.66. The van der Waals surface area contributed by atoms with E-state index in [0.29, 0.717) is 24.4 Å². The highest BCUT2D eigenvalue weighted by Gasteiger charge is 2.11. The van der Waals surface area contributed by atoms with E-state index in [1.807, 2.05) is 38.2 Å². The number of amides is 1. The molecule has 5 heteroatoms. The van der Waals surface area contributed by atoms with Crippen LogP contribution in [0.3, 0.4) is 0 Å². The average Bonchev–Trinajstić information content (AvgIpc) is 2.53. The Balaban J connectivity index is 1.85. The number of rotatable bonds is 7. The van der Waals surface area contributed by atoms with Crippen molar-refractivity contribution in [3.63, 3.8) is 0 Å². The summed E-state index contributed by atoms with van der Waals surface area (Å²) in [5.41, 5.74) is 2.17. The molecule has 2 N–H and O–H groups in total. The molecule has 4 nitrogen and oxygen atoms in total. The SMILES string of the molecule is CCOc1ccc(C[NH+](C)CC(=O)Nc2ccc(C)c(F)c2)cc1. The van der Waals surface area contributed by atoms with E-state index < -0.39 is 0 Å². The van der Waals surface area contributed by atoms with Crippen LogP contribution in [0.2, 0.25) is 0 Å². The molecule has 0 fully saturated rings. The van der Waals surface area contributed by atoms with Crippen molar-refractivity contribution in [2.75, 3.05) is 25.5 Å². The predicted molar refractivity (Wildman–Crippen MR) is 92.8 cm³/mol. The summed E-state index contributed by atoms with van der Waals surface area (Å²) < 4.78 is 18.9. The molecule has 0 spiro atoms. The summed E-state index contributed by atoms with van der Waals surface area (Å²) >= 11 is 0. The number of quaternary nitrogens is 1. The number of anilines is 1. The van der Waals surface area contributed by atoms with Crippen molar-refractivity contribution in [1.82, 2.24) is 0 Å². The highest BCUT2D eigenvalue weighted by molar-refractivity contribution is 5.91. The fourth-order valence-electron chi connectivity index (χ4n) is 2.43. The lowest BCUT2D eigenvalue weighted by atomic mass is 10.2. The average molecular weight is 331 g/mol. The molecule has 2 aromatic carbocycles. The van der Waals surface area contributed by atoms with Crippen LogP contribution in [0.5, 0.6) is 5.75 Å². The zero-order valence-electron chi connectivity index (χ0n) is 14.4. The summed E-state index contributed by atoms with van der Waals surface area (Å²) in [6.45, 7) is 5.31. The molecule has 0 aliphatic carbocycles. The van der Waals surface area contributed by atoms with Gasteiger partial charge in [0.1, 0.15) is 18.1 Å². The Morgan fingerprint density at radius 2 is 1.92 bits per heavy atom. The van der Waals surface area contributed by atoms with Crippen molar-refractivity contribution in [2.24, 2.45) is 0 Å². The van der Waals surface area contributed by atoms with Gasteiger partial charge in [-0.1, -0.05) is 6.07 Å². The van der Waals surface area contributed by atoms with E-state index in [0.717, 1.165) is 22.8 Å². The summed E-state index contributed by atoms with van der Waals surface area (Å²) in [5.74, 6) is 0.391. The van der Waals surface area contributed by atoms with E-state index >= 15 is 0 Å². The molecule has 0 aliphatic heterocycles. The van der Waals surface area contributed by atoms with Crippen molar-refractivity contribution >= 4 is 11.6 Å². The molecule has 1 unspecified atom stereocenters. The quantitative estimate of drug-likeness (QED) is 0.817. The van der Waals surface area contributed by atoms with Crippen molar-refractivity contribution in [2.45, 2.75) is 20.4 Å². The van der Waals surface area contributed by atoms with Crippen LogP contribution in [0.1, 0.15) is 18.1 Å². The van der Waals surface area contributed by atoms with Gasteiger partial charge in [-0.05, 0) is 55.8 Å². The molecule has 2 aromatic rings. The van der Waals surface area contributed by atoms with E-state index in [2.05, 4.69) is 5.32 Å². The molecule has 0 aliphatic rings. The number of benzene rings is 2. The van der Waals surface area contributed by atoms with E-state index in [1.54, 1.807) is 19.1 Å². The molecule has 1 amide bonds. The van der Waals surface area contributed by atoms with Crippen LogP contribution in [0, 0.1) is 12.7 Å². The number of hydrogen-bond acceptors (Lipinski definition) is 2. The van der Waals surface area contributed by atoms with Crippen LogP contribution >= 0.6 is 0 Å². The molecule has 0 saturated carbocycles. The molecule has 0 radical (unpaired) electrons. The zero-order valence-corrected chi connectivity index (χ0v) is 14.4. The first-order valence-electron chi connectivity index (χ1n) is 8.07. The van der Waals surface area contributed by atoms with Crippen molar-refractivity contribution in [3.8, 4) is 5.75 Å². The number of carbonyl (C=O) groups excluding carboxylic acids is 1. The maximum absolute atomic E-state index is 13.5. The lowest BCUT2D eigenvalue weighted by Gasteiger charge is -2.14. The molecule has 2 rings (SSSR count). The molecule has 0 saturated heterocycles. The van der Waals surface area contributed by atoms with Gasteiger partial charge in [0, 0.05) is 11.3 Å². The van der Waals surface area contributed by atoms with Crippen LogP contribution < -0.4 is 15.0 Å². The zero-order chi connectivity index (χ0) is 17.5. The summed E-state index contributed by atoms with van der Waals surface area (Å²) in [6.07, 6.45) is 0. The minimum Gasteiger partial charge on any atom is -0.494 e. The van der Waals surface area contributed by atoms with Gasteiger partial charge in [0.15, 0.2) is 6.54 Å². The molecule has 128 valence electrons. The minimum absolute atomic E-state index is 0.137. The number of ether oxygens (including phenoxy) is 1. The van der Waals surface area contributed by atoms with E-state index in [1.165, 1.54) is 6.07 Å². The Bertz CT molecular complexity index is 686. The first-order valence-corrected chi connectivity index (χ1v) is 8.07. The third kappa shape index (κ3) is 5.35. The van der Waals surface area contributed by atoms with Crippen molar-refractivity contribution < 1.29 is 18.8 Å². The summed E-state index contributed by atoms with van der Waals surface area (Å²) in [7, 11) is 1.95. The smallest absolute Gasteiger partial charge is 0.279 e. The van der Waals surface area contributed by atoms with Gasteiger partial charge in [-0.3, -0.25) is 4.79 Å². The number of hydrogen-bond donors (Lipinski definition) is 2. The second kappa shape index (κ2) is 8.45. The summed E-state index contributed by atoms with van der Waals surface area (Å²) in [6, 6.07) is 12.6. The molecule has 0 bridgehead atoms. The van der Waals surface area contributed by atoms with Crippen LogP contribution in [0.4, 0.5) is 10.1 Å². The number of carbonyl (C=O) groups is 1. The monoisotopic (exact) mass is 331 g/mol. The molecular weight excluding hydrogens is 307 g/mol. The molecule has 24 heavy (non-hydrogen) atoms. The largest absolute Gasteiger partial charge is 0.494 e. The fourth-order valence-corrected chi connectivity index (χ4v) is 2.43. The topological polar surface area (TPSA) is 42.8 Å². The second-order valence-corrected chi connectivity index (χ2v) is 5.90. The van der Waals surface area contributed by atoms with Gasteiger partial charge in [0.05, 0.1) is 13.7 Å². The standard InChI is InChI=1S/C19H23FN2O2/c1-4-24-17-9-6-15(7-10-17)12-22(3)13-19(23)21-16-8-5-14(2)18(20)11-16/h5-11H,4,12-13H2,1-3H3,(H,21,23)/p+1. The van der Waals surface area contributed by atoms with E-state index in [-0.39, 0.29) is 11.7 Å². The van der Waals surface area contributed by atoms with E-state index in [4.69, 9.17) is 4.74 Å². The Morgan fingerprint density at radius 3 is 2.54 bits per heavy atom. The van der Waals surface area contributed by atoms with Gasteiger partial charge in [-0.25, -0.2) is 4.39 Å². The highest BCUT2D eigenvalue weighted by Crippen LogP contribution is 2.13. The van der Waals surface area contributed by atoms with Gasteiger partial charge >= 0.3 is 0 Å². The number of halogens is 1. The van der Waals surface area contributed by atoms with E-state index in [9.17, 15) is 9.18 Å². The first-order chi connectivity index (χ1) is 11.5. The maximum atomic E-state index is 13.5. The third-order valence-corrected chi connectivity index (χ3v) is 3.66. The first kappa shape index (κ1) is 17.9. The molecular formula is C19H24FN2O2+. The van der Waals surface area contributed by atoms with Crippen LogP contribution in [0.15, 0.2) is 42.5 Å². The van der Waals surface area contributed by atoms with Crippen molar-refractivity contribution in [3.05, 3.63) is 59.4 Å². The fraction of sp³-hybridized carbons (Fsp3) is 0.316. The Kier molecular flexibility index (Phi) is 6.32. The van der Waals surface area contributed by atoms with Gasteiger partial charge in [0.25, 0.3) is 5.91 Å². The summed E-state index contributed by atoms with van der Waals surface area (Å²) in [5, 5.41) is 2.73. The van der Waals surface area contributed by atoms with Crippen LogP contribution in [-0.4, -0.2) is 26.1 Å². The maximum Gasteiger partial charge on any atom is 0.279 e. The number of aryl methyl sites for hydroxylation is 1. The highest BCUT2D eigenvalue weighted by atomic mass is 19.1. The number of nitrogens with one attached hydrogen (secondary N) is 2. The van der Waals surface area contributed by atoms with Crippen LogP contribution in [0.25, 0.3) is 0 Å². The Hall–Kier alpha value is -2.40. The van der Waals surface area contributed by atoms with Gasteiger partial charge in [-0.15, -0.1) is 0 Å². The molecule has 1 atom stereocenters. The normalized spacial score (nSPS) is 11.8. The number of likely N-dealkylation sites (N-methyl/N-ethyl adjacent to an activating group) is 1. The Labute approximate surface area is 142 Å². The van der Waals surface area contributed by atoms with Gasteiger partial charge in [0.2, 0.25) is 0 Å². The molecule has 0 heterocycles. The lowest BCUT2D eigenvalue weighted by molar-refractivity contribution is -0.885. The summed E-state index contributed by atoms with van der Waals surface area (Å²) in [4.78, 5) is 13.1. The van der Waals surface area contributed by atoms with Crippen LogP contribution in [-0.2, 0) is 11.3 Å². The molecule has 0 aromatic heterocycles. The minimum atomic E-state index is -0.317.